The summed E-state index contributed by atoms with van der Waals surface area (Å²) in [6.07, 6.45) is 2.43. The number of pyridine rings is 1. The van der Waals surface area contributed by atoms with Gasteiger partial charge in [-0.25, -0.2) is 18.1 Å². The molecule has 0 bridgehead atoms. The normalized spacial score (nSPS) is 11.3. The molecular formula is C15H19N3O2S. The van der Waals surface area contributed by atoms with Crippen molar-refractivity contribution in [1.82, 2.24) is 9.71 Å². The average molecular weight is 305 g/mol. The minimum Gasteiger partial charge on any atom is -0.386 e. The molecule has 0 aliphatic heterocycles. The van der Waals surface area contributed by atoms with E-state index in [4.69, 9.17) is 0 Å². The summed E-state index contributed by atoms with van der Waals surface area (Å²) in [4.78, 5) is 3.95. The minimum absolute atomic E-state index is 0.0117. The van der Waals surface area contributed by atoms with Crippen LogP contribution in [0.3, 0.4) is 0 Å². The number of benzene rings is 1. The van der Waals surface area contributed by atoms with Crippen LogP contribution in [0.25, 0.3) is 0 Å². The average Bonchev–Trinajstić information content (AvgIpc) is 2.53. The van der Waals surface area contributed by atoms with Gasteiger partial charge < -0.3 is 5.32 Å². The lowest BCUT2D eigenvalue weighted by molar-refractivity contribution is 0.578. The molecule has 1 heterocycles. The molecule has 2 N–H and O–H groups in total. The van der Waals surface area contributed by atoms with E-state index in [0.29, 0.717) is 5.69 Å². The first-order chi connectivity index (χ1) is 10.1. The highest BCUT2D eigenvalue weighted by atomic mass is 32.2. The van der Waals surface area contributed by atoms with Crippen LogP contribution in [0.2, 0.25) is 0 Å². The Morgan fingerprint density at radius 1 is 1.10 bits per heavy atom. The van der Waals surface area contributed by atoms with Crippen LogP contribution in [0.4, 0.5) is 5.69 Å². The largest absolute Gasteiger partial charge is 0.386 e. The minimum atomic E-state index is -3.64. The lowest BCUT2D eigenvalue weighted by Crippen LogP contribution is -2.25. The molecule has 2 aromatic rings. The molecule has 2 rings (SSSR count). The predicted molar refractivity (Wildman–Crippen MR) is 83.6 cm³/mol. The van der Waals surface area contributed by atoms with Gasteiger partial charge in [0.2, 0.25) is 0 Å². The molecule has 0 saturated carbocycles. The van der Waals surface area contributed by atoms with E-state index in [0.717, 1.165) is 12.0 Å². The fraction of sp³-hybridized carbons (Fsp3) is 0.267. The topological polar surface area (TPSA) is 71.1 Å². The summed E-state index contributed by atoms with van der Waals surface area (Å²) in [5, 5.41) is 2.85. The fourth-order valence-corrected chi connectivity index (χ4v) is 3.09. The van der Waals surface area contributed by atoms with Crippen molar-refractivity contribution in [2.24, 2.45) is 0 Å². The van der Waals surface area contributed by atoms with Crippen LogP contribution in [-0.2, 0) is 23.0 Å². The standard InChI is InChI=1S/C15H19N3O2S/c1-3-12-6-8-13(9-7-12)11-18-21(19,20)15-14(16-2)5-4-10-17-15/h4-10,16,18H,3,11H2,1-2H3. The van der Waals surface area contributed by atoms with Gasteiger partial charge in [0.1, 0.15) is 0 Å². The second kappa shape index (κ2) is 6.69. The summed E-state index contributed by atoms with van der Waals surface area (Å²) < 4.78 is 27.2. The van der Waals surface area contributed by atoms with E-state index in [-0.39, 0.29) is 11.6 Å². The molecule has 0 spiro atoms. The molecule has 0 unspecified atom stereocenters. The number of anilines is 1. The quantitative estimate of drug-likeness (QED) is 0.858. The van der Waals surface area contributed by atoms with E-state index in [1.165, 1.54) is 11.8 Å². The summed E-state index contributed by atoms with van der Waals surface area (Å²) in [7, 11) is -1.97. The zero-order valence-corrected chi connectivity index (χ0v) is 12.9. The van der Waals surface area contributed by atoms with E-state index in [9.17, 15) is 8.42 Å². The lowest BCUT2D eigenvalue weighted by atomic mass is 10.1. The van der Waals surface area contributed by atoms with E-state index >= 15 is 0 Å². The van der Waals surface area contributed by atoms with Crippen molar-refractivity contribution in [2.45, 2.75) is 24.9 Å². The first-order valence-corrected chi connectivity index (χ1v) is 8.25. The molecule has 0 aliphatic carbocycles. The number of hydrogen-bond acceptors (Lipinski definition) is 4. The SMILES string of the molecule is CCc1ccc(CNS(=O)(=O)c2ncccc2NC)cc1. The van der Waals surface area contributed by atoms with Crippen LogP contribution < -0.4 is 10.0 Å². The van der Waals surface area contributed by atoms with Crippen LogP contribution in [-0.4, -0.2) is 20.4 Å². The monoisotopic (exact) mass is 305 g/mol. The van der Waals surface area contributed by atoms with Gasteiger partial charge in [-0.1, -0.05) is 31.2 Å². The van der Waals surface area contributed by atoms with Gasteiger partial charge in [0.25, 0.3) is 10.0 Å². The molecule has 0 aliphatic rings. The maximum Gasteiger partial charge on any atom is 0.260 e. The molecule has 0 radical (unpaired) electrons. The van der Waals surface area contributed by atoms with Crippen LogP contribution in [0.15, 0.2) is 47.6 Å². The van der Waals surface area contributed by atoms with Gasteiger partial charge in [-0.15, -0.1) is 0 Å². The highest BCUT2D eigenvalue weighted by Crippen LogP contribution is 2.17. The third-order valence-electron chi connectivity index (χ3n) is 3.19. The number of sulfonamides is 1. The molecule has 112 valence electrons. The van der Waals surface area contributed by atoms with Gasteiger partial charge in [-0.05, 0) is 29.7 Å². The number of aromatic nitrogens is 1. The molecule has 21 heavy (non-hydrogen) atoms. The van der Waals surface area contributed by atoms with Gasteiger partial charge in [0.05, 0.1) is 5.69 Å². The zero-order chi connectivity index (χ0) is 15.3. The van der Waals surface area contributed by atoms with Gasteiger partial charge in [-0.3, -0.25) is 0 Å². The molecule has 0 amide bonds. The van der Waals surface area contributed by atoms with Gasteiger partial charge in [0.15, 0.2) is 5.03 Å². The van der Waals surface area contributed by atoms with Crippen LogP contribution in [0.1, 0.15) is 18.1 Å². The summed E-state index contributed by atoms with van der Waals surface area (Å²) in [6, 6.07) is 11.2. The smallest absolute Gasteiger partial charge is 0.260 e. The number of nitrogens with zero attached hydrogens (tertiary/aromatic N) is 1. The molecule has 0 atom stereocenters. The molecule has 1 aromatic carbocycles. The van der Waals surface area contributed by atoms with E-state index in [1.807, 2.05) is 24.3 Å². The highest BCUT2D eigenvalue weighted by Gasteiger charge is 2.19. The summed E-state index contributed by atoms with van der Waals surface area (Å²) in [5.74, 6) is 0. The van der Waals surface area contributed by atoms with E-state index in [2.05, 4.69) is 21.9 Å². The van der Waals surface area contributed by atoms with Crippen molar-refractivity contribution in [3.8, 4) is 0 Å². The van der Waals surface area contributed by atoms with Crippen molar-refractivity contribution in [3.05, 3.63) is 53.7 Å². The Kier molecular flexibility index (Phi) is 4.93. The van der Waals surface area contributed by atoms with Crippen molar-refractivity contribution < 1.29 is 8.42 Å². The molecule has 1 aromatic heterocycles. The zero-order valence-electron chi connectivity index (χ0n) is 12.1. The predicted octanol–water partition coefficient (Wildman–Crippen LogP) is 2.16. The maximum atomic E-state index is 12.3. The number of aryl methyl sites for hydroxylation is 1. The Labute approximate surface area is 125 Å². The number of rotatable bonds is 6. The Bertz CT molecular complexity index is 697. The lowest BCUT2D eigenvalue weighted by Gasteiger charge is -2.10. The van der Waals surface area contributed by atoms with Crippen LogP contribution in [0.5, 0.6) is 0 Å². The van der Waals surface area contributed by atoms with Crippen molar-refractivity contribution >= 4 is 15.7 Å². The second-order valence-corrected chi connectivity index (χ2v) is 6.28. The van der Waals surface area contributed by atoms with Gasteiger partial charge in [0, 0.05) is 19.8 Å². The first kappa shape index (κ1) is 15.5. The van der Waals surface area contributed by atoms with Crippen LogP contribution >= 0.6 is 0 Å². The Morgan fingerprint density at radius 2 is 1.76 bits per heavy atom. The molecule has 0 fully saturated rings. The van der Waals surface area contributed by atoms with Crippen molar-refractivity contribution in [2.75, 3.05) is 12.4 Å². The third kappa shape index (κ3) is 3.80. The fourth-order valence-electron chi connectivity index (χ4n) is 1.93. The molecule has 5 nitrogen and oxygen atoms in total. The maximum absolute atomic E-state index is 12.3. The summed E-state index contributed by atoms with van der Waals surface area (Å²) in [5.41, 5.74) is 2.62. The first-order valence-electron chi connectivity index (χ1n) is 6.77. The second-order valence-electron chi connectivity index (χ2n) is 4.60. The van der Waals surface area contributed by atoms with Gasteiger partial charge >= 0.3 is 0 Å². The third-order valence-corrected chi connectivity index (χ3v) is 4.55. The highest BCUT2D eigenvalue weighted by molar-refractivity contribution is 7.89. The van der Waals surface area contributed by atoms with E-state index in [1.54, 1.807) is 19.2 Å². The van der Waals surface area contributed by atoms with Crippen molar-refractivity contribution in [1.29, 1.82) is 0 Å². The Hall–Kier alpha value is -1.92. The number of hydrogen-bond donors (Lipinski definition) is 2. The molecule has 0 saturated heterocycles. The Morgan fingerprint density at radius 3 is 2.38 bits per heavy atom. The van der Waals surface area contributed by atoms with Gasteiger partial charge in [-0.2, -0.15) is 0 Å². The Balaban J connectivity index is 2.13. The molecule has 6 heteroatoms. The van der Waals surface area contributed by atoms with Crippen molar-refractivity contribution in [3.63, 3.8) is 0 Å². The van der Waals surface area contributed by atoms with E-state index < -0.39 is 10.0 Å². The summed E-state index contributed by atoms with van der Waals surface area (Å²) in [6.45, 7) is 2.32. The molecular weight excluding hydrogens is 286 g/mol. The number of nitrogens with one attached hydrogen (secondary N) is 2. The summed E-state index contributed by atoms with van der Waals surface area (Å²) >= 11 is 0. The van der Waals surface area contributed by atoms with Crippen LogP contribution in [0, 0.1) is 0 Å².